The van der Waals surface area contributed by atoms with Gasteiger partial charge in [-0.05, 0) is 62.8 Å². The summed E-state index contributed by atoms with van der Waals surface area (Å²) in [6.07, 6.45) is 6.80. The molecule has 1 aliphatic carbocycles. The zero-order valence-corrected chi connectivity index (χ0v) is 14.4. The van der Waals surface area contributed by atoms with Crippen molar-refractivity contribution in [3.63, 3.8) is 0 Å². The Kier molecular flexibility index (Phi) is 5.53. The zero-order chi connectivity index (χ0) is 14.8. The largest absolute Gasteiger partial charge is 0.314 e. The van der Waals surface area contributed by atoms with Gasteiger partial charge in [0.1, 0.15) is 0 Å². The van der Waals surface area contributed by atoms with E-state index >= 15 is 0 Å². The summed E-state index contributed by atoms with van der Waals surface area (Å²) in [5.74, 6) is 1.74. The molecule has 0 aromatic rings. The third-order valence-electron chi connectivity index (χ3n) is 5.55. The molecule has 1 heterocycles. The molecule has 1 N–H and O–H groups in total. The topological polar surface area (TPSA) is 15.3 Å². The van der Waals surface area contributed by atoms with Gasteiger partial charge in [0.2, 0.25) is 0 Å². The van der Waals surface area contributed by atoms with E-state index in [0.717, 1.165) is 23.9 Å². The lowest BCUT2D eigenvalue weighted by atomic mass is 9.69. The highest BCUT2D eigenvalue weighted by Crippen LogP contribution is 2.40. The summed E-state index contributed by atoms with van der Waals surface area (Å²) in [5, 5.41) is 3.83. The maximum Gasteiger partial charge on any atom is 0.0108 e. The normalized spacial score (nSPS) is 38.2. The van der Waals surface area contributed by atoms with E-state index in [-0.39, 0.29) is 0 Å². The van der Waals surface area contributed by atoms with Crippen molar-refractivity contribution in [3.8, 4) is 0 Å². The Bertz CT molecular complexity index is 300. The first-order chi connectivity index (χ1) is 9.41. The van der Waals surface area contributed by atoms with Crippen molar-refractivity contribution in [2.75, 3.05) is 19.6 Å². The Labute approximate surface area is 126 Å². The summed E-state index contributed by atoms with van der Waals surface area (Å²) in [6, 6.07) is 1.55. The molecule has 0 radical (unpaired) electrons. The Balaban J connectivity index is 1.96. The Hall–Kier alpha value is -0.0800. The Morgan fingerprint density at radius 2 is 2.00 bits per heavy atom. The van der Waals surface area contributed by atoms with Crippen LogP contribution in [-0.4, -0.2) is 36.6 Å². The van der Waals surface area contributed by atoms with Crippen LogP contribution in [0.1, 0.15) is 66.7 Å². The van der Waals surface area contributed by atoms with Gasteiger partial charge in [-0.15, -0.1) is 0 Å². The monoisotopic (exact) mass is 280 g/mol. The van der Waals surface area contributed by atoms with Crippen LogP contribution in [-0.2, 0) is 0 Å². The second-order valence-corrected chi connectivity index (χ2v) is 8.37. The molecule has 20 heavy (non-hydrogen) atoms. The summed E-state index contributed by atoms with van der Waals surface area (Å²) in [7, 11) is 0. The van der Waals surface area contributed by atoms with E-state index in [2.05, 4.69) is 44.8 Å². The molecule has 0 amide bonds. The van der Waals surface area contributed by atoms with Crippen molar-refractivity contribution in [3.05, 3.63) is 0 Å². The predicted molar refractivity (Wildman–Crippen MR) is 88.0 cm³/mol. The number of hydrogen-bond donors (Lipinski definition) is 1. The Morgan fingerprint density at radius 3 is 2.60 bits per heavy atom. The molecule has 0 aromatic heterocycles. The first-order valence-corrected chi connectivity index (χ1v) is 8.88. The van der Waals surface area contributed by atoms with Crippen LogP contribution in [0, 0.1) is 17.3 Å². The van der Waals surface area contributed by atoms with E-state index in [0.29, 0.717) is 5.41 Å². The molecule has 2 heteroatoms. The fourth-order valence-corrected chi connectivity index (χ4v) is 4.47. The first-order valence-electron chi connectivity index (χ1n) is 8.88. The second kappa shape index (κ2) is 6.79. The molecule has 1 saturated carbocycles. The molecular weight excluding hydrogens is 244 g/mol. The van der Waals surface area contributed by atoms with Crippen LogP contribution >= 0.6 is 0 Å². The van der Waals surface area contributed by atoms with Crippen molar-refractivity contribution in [2.45, 2.75) is 78.8 Å². The number of rotatable bonds is 5. The molecule has 118 valence electrons. The minimum absolute atomic E-state index is 0.545. The van der Waals surface area contributed by atoms with Crippen LogP contribution in [0.15, 0.2) is 0 Å². The van der Waals surface area contributed by atoms with Gasteiger partial charge in [-0.1, -0.05) is 27.7 Å². The summed E-state index contributed by atoms with van der Waals surface area (Å²) in [6.45, 7) is 15.9. The highest BCUT2D eigenvalue weighted by Gasteiger charge is 2.37. The SMILES string of the molecule is CCCNC1CCC(C)(C)CC1CN1CC(C)CC1C. The lowest BCUT2D eigenvalue weighted by Crippen LogP contribution is -2.48. The van der Waals surface area contributed by atoms with Crippen LogP contribution in [0.2, 0.25) is 0 Å². The van der Waals surface area contributed by atoms with Crippen LogP contribution in [0.3, 0.4) is 0 Å². The van der Waals surface area contributed by atoms with E-state index in [4.69, 9.17) is 0 Å². The summed E-state index contributed by atoms with van der Waals surface area (Å²) >= 11 is 0. The van der Waals surface area contributed by atoms with Crippen molar-refractivity contribution in [2.24, 2.45) is 17.3 Å². The molecular formula is C18H36N2. The zero-order valence-electron chi connectivity index (χ0n) is 14.4. The van der Waals surface area contributed by atoms with Gasteiger partial charge in [0.05, 0.1) is 0 Å². The molecule has 2 aliphatic rings. The molecule has 4 atom stereocenters. The third-order valence-corrected chi connectivity index (χ3v) is 5.55. The fraction of sp³-hybridized carbons (Fsp3) is 1.00. The standard InChI is InChI=1S/C18H36N2/c1-6-9-19-17-7-8-18(4,5)11-16(17)13-20-12-14(2)10-15(20)3/h14-17,19H,6-13H2,1-5H3. The minimum Gasteiger partial charge on any atom is -0.314 e. The maximum atomic E-state index is 3.83. The quantitative estimate of drug-likeness (QED) is 0.821. The maximum absolute atomic E-state index is 3.83. The minimum atomic E-state index is 0.545. The van der Waals surface area contributed by atoms with Gasteiger partial charge in [-0.2, -0.15) is 0 Å². The van der Waals surface area contributed by atoms with E-state index in [1.54, 1.807) is 0 Å². The molecule has 0 bridgehead atoms. The summed E-state index contributed by atoms with van der Waals surface area (Å²) in [5.41, 5.74) is 0.545. The van der Waals surface area contributed by atoms with Crippen LogP contribution in [0.4, 0.5) is 0 Å². The van der Waals surface area contributed by atoms with Gasteiger partial charge in [-0.25, -0.2) is 0 Å². The molecule has 1 saturated heterocycles. The number of nitrogens with zero attached hydrogens (tertiary/aromatic N) is 1. The number of nitrogens with one attached hydrogen (secondary N) is 1. The molecule has 0 aromatic carbocycles. The molecule has 0 spiro atoms. The van der Waals surface area contributed by atoms with Gasteiger partial charge in [0.25, 0.3) is 0 Å². The average Bonchev–Trinajstić information content (AvgIpc) is 2.66. The number of likely N-dealkylation sites (tertiary alicyclic amines) is 1. The smallest absolute Gasteiger partial charge is 0.0108 e. The van der Waals surface area contributed by atoms with Crippen molar-refractivity contribution in [1.29, 1.82) is 0 Å². The summed E-state index contributed by atoms with van der Waals surface area (Å²) < 4.78 is 0. The van der Waals surface area contributed by atoms with Crippen molar-refractivity contribution in [1.82, 2.24) is 10.2 Å². The van der Waals surface area contributed by atoms with E-state index in [1.165, 1.54) is 51.7 Å². The third kappa shape index (κ3) is 4.21. The lowest BCUT2D eigenvalue weighted by molar-refractivity contribution is 0.0968. The predicted octanol–water partition coefficient (Wildman–Crippen LogP) is 3.91. The highest BCUT2D eigenvalue weighted by molar-refractivity contribution is 4.92. The fourth-order valence-electron chi connectivity index (χ4n) is 4.47. The van der Waals surface area contributed by atoms with Crippen molar-refractivity contribution < 1.29 is 0 Å². The van der Waals surface area contributed by atoms with E-state index in [9.17, 15) is 0 Å². The molecule has 1 aliphatic heterocycles. The van der Waals surface area contributed by atoms with Crippen LogP contribution in [0.25, 0.3) is 0 Å². The van der Waals surface area contributed by atoms with Gasteiger partial charge < -0.3 is 10.2 Å². The summed E-state index contributed by atoms with van der Waals surface area (Å²) in [4.78, 5) is 2.76. The number of hydrogen-bond acceptors (Lipinski definition) is 2. The molecule has 4 unspecified atom stereocenters. The van der Waals surface area contributed by atoms with Crippen LogP contribution < -0.4 is 5.32 Å². The Morgan fingerprint density at radius 1 is 1.25 bits per heavy atom. The van der Waals surface area contributed by atoms with Gasteiger partial charge in [0, 0.05) is 25.2 Å². The highest BCUT2D eigenvalue weighted by atomic mass is 15.2. The molecule has 2 nitrogen and oxygen atoms in total. The van der Waals surface area contributed by atoms with E-state index in [1.807, 2.05) is 0 Å². The van der Waals surface area contributed by atoms with Gasteiger partial charge in [0.15, 0.2) is 0 Å². The lowest BCUT2D eigenvalue weighted by Gasteiger charge is -2.43. The second-order valence-electron chi connectivity index (χ2n) is 8.37. The van der Waals surface area contributed by atoms with Crippen LogP contribution in [0.5, 0.6) is 0 Å². The van der Waals surface area contributed by atoms with E-state index < -0.39 is 0 Å². The average molecular weight is 280 g/mol. The van der Waals surface area contributed by atoms with Gasteiger partial charge >= 0.3 is 0 Å². The molecule has 2 rings (SSSR count). The first kappa shape index (κ1) is 16.3. The molecule has 2 fully saturated rings. The van der Waals surface area contributed by atoms with Crippen molar-refractivity contribution >= 4 is 0 Å². The van der Waals surface area contributed by atoms with Gasteiger partial charge in [-0.3, -0.25) is 0 Å².